The minimum Gasteiger partial charge on any atom is -0.431 e. The van der Waals surface area contributed by atoms with Crippen LogP contribution in [0.2, 0.25) is 16.6 Å². The van der Waals surface area contributed by atoms with E-state index in [1.165, 1.54) is 0 Å². The van der Waals surface area contributed by atoms with Crippen molar-refractivity contribution >= 4 is 8.32 Å². The zero-order chi connectivity index (χ0) is 22.1. The average Bonchev–Trinajstić information content (AvgIpc) is 2.54. The molecule has 6 heteroatoms. The van der Waals surface area contributed by atoms with E-state index in [1.54, 1.807) is 0 Å². The molecule has 0 aromatic rings. The van der Waals surface area contributed by atoms with Gasteiger partial charge in [-0.2, -0.15) is 0 Å². The van der Waals surface area contributed by atoms with Crippen LogP contribution in [0.1, 0.15) is 83.1 Å². The fourth-order valence-corrected chi connectivity index (χ4v) is 6.00. The summed E-state index contributed by atoms with van der Waals surface area (Å²) in [6.07, 6.45) is 0. The van der Waals surface area contributed by atoms with Crippen molar-refractivity contribution in [1.29, 1.82) is 0 Å². The molecular weight excluding hydrogens is 436 g/mol. The molecular formula is C21H52O4SiZr. The van der Waals surface area contributed by atoms with Gasteiger partial charge < -0.3 is 20.1 Å². The number of aliphatic hydroxyl groups excluding tert-OH is 3. The number of hydrogen-bond donors (Lipinski definition) is 4. The van der Waals surface area contributed by atoms with Crippen molar-refractivity contribution in [2.24, 2.45) is 17.8 Å². The first-order chi connectivity index (χ1) is 11.6. The Morgan fingerprint density at radius 2 is 0.593 bits per heavy atom. The molecule has 0 amide bonds. The molecule has 0 rings (SSSR count). The topological polar surface area (TPSA) is 80.9 Å². The van der Waals surface area contributed by atoms with E-state index in [-0.39, 0.29) is 26.2 Å². The Hall–Kier alpha value is 0.940. The fraction of sp³-hybridized carbons (Fsp3) is 1.00. The molecule has 0 radical (unpaired) electrons. The van der Waals surface area contributed by atoms with Crippen LogP contribution in [0.25, 0.3) is 0 Å². The van der Waals surface area contributed by atoms with Crippen molar-refractivity contribution in [2.75, 3.05) is 19.8 Å². The van der Waals surface area contributed by atoms with E-state index in [2.05, 4.69) is 41.5 Å². The molecule has 0 aromatic heterocycles. The Bertz CT molecular complexity index is 230. The summed E-state index contributed by atoms with van der Waals surface area (Å²) in [6.45, 7) is 25.6. The maximum atomic E-state index is 10.4. The number of aliphatic hydroxyl groups is 3. The van der Waals surface area contributed by atoms with Gasteiger partial charge in [-0.3, -0.25) is 0 Å². The summed E-state index contributed by atoms with van der Waals surface area (Å²) in [5.41, 5.74) is 1.42. The normalized spacial score (nSPS) is 10.9. The summed E-state index contributed by atoms with van der Waals surface area (Å²) >= 11 is 0. The van der Waals surface area contributed by atoms with Crippen molar-refractivity contribution in [3.63, 3.8) is 0 Å². The molecule has 168 valence electrons. The van der Waals surface area contributed by atoms with E-state index >= 15 is 0 Å². The zero-order valence-electron chi connectivity index (χ0n) is 20.4. The van der Waals surface area contributed by atoms with Crippen LogP contribution in [0.5, 0.6) is 0 Å². The van der Waals surface area contributed by atoms with Gasteiger partial charge in [0.2, 0.25) is 0 Å². The molecule has 0 spiro atoms. The monoisotopic (exact) mass is 486 g/mol. The van der Waals surface area contributed by atoms with Gasteiger partial charge in [-0.15, -0.1) is 0 Å². The second-order valence-electron chi connectivity index (χ2n) is 9.08. The second kappa shape index (κ2) is 23.2. The zero-order valence-corrected chi connectivity index (χ0v) is 23.8. The standard InChI is InChI=1S/C9H22OSi.3C4H10O.Zr/c1-7(2)11(10,8(3)4)9(5)6;3*1-4(2)3-5;/h7-10H,1-6H3;3*4-5H,3H2,1-2H3;. The van der Waals surface area contributed by atoms with Gasteiger partial charge in [0.25, 0.3) is 0 Å². The van der Waals surface area contributed by atoms with Crippen molar-refractivity contribution in [3.8, 4) is 0 Å². The first-order valence-electron chi connectivity index (χ1n) is 10.2. The largest absolute Gasteiger partial charge is 0.431 e. The van der Waals surface area contributed by atoms with Gasteiger partial charge in [-0.25, -0.2) is 0 Å². The van der Waals surface area contributed by atoms with Gasteiger partial charge in [0.15, 0.2) is 8.32 Å². The predicted molar refractivity (Wildman–Crippen MR) is 119 cm³/mol. The summed E-state index contributed by atoms with van der Waals surface area (Å²) in [4.78, 5) is 10.4. The van der Waals surface area contributed by atoms with Gasteiger partial charge in [-0.1, -0.05) is 83.1 Å². The molecule has 0 fully saturated rings. The summed E-state index contributed by atoms with van der Waals surface area (Å²) < 4.78 is 0. The Balaban J connectivity index is -0.0000000858. The van der Waals surface area contributed by atoms with Gasteiger partial charge in [0, 0.05) is 46.0 Å². The molecule has 0 aliphatic carbocycles. The molecule has 0 aromatic carbocycles. The first-order valence-corrected chi connectivity index (χ1v) is 12.4. The van der Waals surface area contributed by atoms with E-state index in [0.717, 1.165) is 0 Å². The molecule has 0 saturated carbocycles. The van der Waals surface area contributed by atoms with E-state index in [0.29, 0.717) is 54.2 Å². The summed E-state index contributed by atoms with van der Waals surface area (Å²) in [5.74, 6) is 1.32. The smallest absolute Gasteiger partial charge is 0.196 e. The molecule has 0 atom stereocenters. The van der Waals surface area contributed by atoms with Crippen LogP contribution in [-0.2, 0) is 26.2 Å². The Labute approximate surface area is 191 Å². The molecule has 0 heterocycles. The van der Waals surface area contributed by atoms with Gasteiger partial charge in [0.05, 0.1) is 0 Å². The van der Waals surface area contributed by atoms with Crippen LogP contribution >= 0.6 is 0 Å². The molecule has 4 nitrogen and oxygen atoms in total. The molecule has 27 heavy (non-hydrogen) atoms. The minimum atomic E-state index is -1.98. The van der Waals surface area contributed by atoms with Crippen molar-refractivity contribution in [2.45, 2.75) is 99.7 Å². The van der Waals surface area contributed by atoms with Crippen LogP contribution in [0, 0.1) is 17.8 Å². The first kappa shape index (κ1) is 38.5. The van der Waals surface area contributed by atoms with E-state index in [4.69, 9.17) is 15.3 Å². The van der Waals surface area contributed by atoms with Gasteiger partial charge in [-0.05, 0) is 34.4 Å². The van der Waals surface area contributed by atoms with Crippen molar-refractivity contribution in [3.05, 3.63) is 0 Å². The molecule has 0 unspecified atom stereocenters. The Morgan fingerprint density at radius 3 is 0.593 bits per heavy atom. The van der Waals surface area contributed by atoms with Crippen LogP contribution < -0.4 is 0 Å². The average molecular weight is 488 g/mol. The van der Waals surface area contributed by atoms with E-state index in [1.807, 2.05) is 41.5 Å². The third-order valence-electron chi connectivity index (χ3n) is 3.87. The van der Waals surface area contributed by atoms with Crippen LogP contribution in [0.3, 0.4) is 0 Å². The van der Waals surface area contributed by atoms with Gasteiger partial charge >= 0.3 is 0 Å². The number of hydrogen-bond acceptors (Lipinski definition) is 4. The maximum Gasteiger partial charge on any atom is 0.196 e. The third-order valence-corrected chi connectivity index (χ3v) is 9.42. The van der Waals surface area contributed by atoms with Crippen molar-refractivity contribution < 1.29 is 46.3 Å². The number of rotatable bonds is 6. The Morgan fingerprint density at radius 1 is 0.481 bits per heavy atom. The molecule has 0 bridgehead atoms. The summed E-state index contributed by atoms with van der Waals surface area (Å²) in [5, 5.41) is 24.4. The SMILES string of the molecule is CC(C)CO.CC(C)CO.CC(C)CO.CC(C)[Si](O)(C(C)C)C(C)C.[Zr]. The second-order valence-corrected chi connectivity index (χ2v) is 14.3. The third kappa shape index (κ3) is 26.9. The van der Waals surface area contributed by atoms with Crippen molar-refractivity contribution in [1.82, 2.24) is 0 Å². The fourth-order valence-electron chi connectivity index (χ4n) is 2.00. The van der Waals surface area contributed by atoms with Gasteiger partial charge in [0.1, 0.15) is 0 Å². The van der Waals surface area contributed by atoms with E-state index in [9.17, 15) is 4.80 Å². The van der Waals surface area contributed by atoms with Crippen LogP contribution in [-0.4, -0.2) is 48.3 Å². The molecule has 0 aliphatic heterocycles. The molecule has 4 N–H and O–H groups in total. The Kier molecular flexibility index (Phi) is 33.1. The maximum absolute atomic E-state index is 10.4. The predicted octanol–water partition coefficient (Wildman–Crippen LogP) is 5.06. The molecule has 0 aliphatic rings. The summed E-state index contributed by atoms with van der Waals surface area (Å²) in [7, 11) is -1.98. The van der Waals surface area contributed by atoms with Crippen LogP contribution in [0.4, 0.5) is 0 Å². The molecule has 0 saturated heterocycles. The quantitative estimate of drug-likeness (QED) is 0.395. The van der Waals surface area contributed by atoms with E-state index < -0.39 is 8.32 Å². The van der Waals surface area contributed by atoms with Crippen LogP contribution in [0.15, 0.2) is 0 Å². The summed E-state index contributed by atoms with van der Waals surface area (Å²) in [6, 6.07) is 0. The minimum absolute atomic E-state index is 0.